The van der Waals surface area contributed by atoms with E-state index in [1.165, 1.54) is 33.3 Å². The first-order chi connectivity index (χ1) is 9.84. The van der Waals surface area contributed by atoms with Gasteiger partial charge in [-0.1, -0.05) is 48.5 Å². The Morgan fingerprint density at radius 1 is 1.00 bits per heavy atom. The van der Waals surface area contributed by atoms with Gasteiger partial charge >= 0.3 is 0 Å². The van der Waals surface area contributed by atoms with Gasteiger partial charge in [0.1, 0.15) is 0 Å². The topological polar surface area (TPSA) is 27.8 Å². The summed E-state index contributed by atoms with van der Waals surface area (Å²) in [6, 6.07) is 17.6. The lowest BCUT2D eigenvalue weighted by Gasteiger charge is -2.24. The molecule has 0 bridgehead atoms. The first-order valence-corrected chi connectivity index (χ1v) is 7.23. The average Bonchev–Trinajstić information content (AvgIpc) is 2.88. The van der Waals surface area contributed by atoms with Crippen LogP contribution < -0.4 is 5.32 Å². The molecule has 1 atom stereocenters. The third kappa shape index (κ3) is 1.69. The van der Waals surface area contributed by atoms with E-state index < -0.39 is 0 Å². The number of H-pyrrole nitrogens is 1. The molecular weight excluding hydrogens is 244 g/mol. The molecule has 0 radical (unpaired) electrons. The fraction of sp³-hybridized carbons (Fsp3) is 0.222. The molecular formula is C18H18N2. The van der Waals surface area contributed by atoms with Crippen molar-refractivity contribution in [2.24, 2.45) is 0 Å². The van der Waals surface area contributed by atoms with Crippen LogP contribution in [0.5, 0.6) is 0 Å². The van der Waals surface area contributed by atoms with Crippen LogP contribution in [0.15, 0.2) is 48.5 Å². The first-order valence-electron chi connectivity index (χ1n) is 7.23. The summed E-state index contributed by atoms with van der Waals surface area (Å²) in [5.41, 5.74) is 6.77. The van der Waals surface area contributed by atoms with E-state index in [1.54, 1.807) is 0 Å². The van der Waals surface area contributed by atoms with Crippen molar-refractivity contribution in [2.75, 3.05) is 6.54 Å². The van der Waals surface area contributed by atoms with Crippen LogP contribution >= 0.6 is 0 Å². The Kier molecular flexibility index (Phi) is 2.64. The van der Waals surface area contributed by atoms with Gasteiger partial charge in [0.25, 0.3) is 0 Å². The Morgan fingerprint density at radius 3 is 2.70 bits per heavy atom. The molecule has 0 saturated carbocycles. The van der Waals surface area contributed by atoms with Gasteiger partial charge in [-0.25, -0.2) is 0 Å². The van der Waals surface area contributed by atoms with Crippen molar-refractivity contribution in [3.63, 3.8) is 0 Å². The van der Waals surface area contributed by atoms with E-state index in [4.69, 9.17) is 0 Å². The Balaban J connectivity index is 1.94. The molecule has 0 fully saturated rings. The largest absolute Gasteiger partial charge is 0.356 e. The quantitative estimate of drug-likeness (QED) is 0.687. The van der Waals surface area contributed by atoms with Crippen LogP contribution in [0.2, 0.25) is 0 Å². The maximum Gasteiger partial charge on any atom is 0.0732 e. The molecule has 1 aliphatic rings. The van der Waals surface area contributed by atoms with Crippen LogP contribution in [0.4, 0.5) is 0 Å². The summed E-state index contributed by atoms with van der Waals surface area (Å²) in [4.78, 5) is 3.67. The number of hydrogen-bond acceptors (Lipinski definition) is 1. The van der Waals surface area contributed by atoms with Gasteiger partial charge in [0.2, 0.25) is 0 Å². The highest BCUT2D eigenvalue weighted by Crippen LogP contribution is 2.34. The molecule has 0 amide bonds. The number of hydrogen-bond donors (Lipinski definition) is 2. The summed E-state index contributed by atoms with van der Waals surface area (Å²) in [6.07, 6.45) is 1.10. The number of para-hydroxylation sites is 1. The minimum atomic E-state index is 0.284. The van der Waals surface area contributed by atoms with Gasteiger partial charge in [-0.2, -0.15) is 0 Å². The summed E-state index contributed by atoms with van der Waals surface area (Å²) in [7, 11) is 0. The molecule has 2 aromatic carbocycles. The molecule has 4 rings (SSSR count). The summed E-state index contributed by atoms with van der Waals surface area (Å²) in [5, 5.41) is 5.03. The van der Waals surface area contributed by atoms with Crippen molar-refractivity contribution in [3.05, 3.63) is 70.9 Å². The molecule has 2 nitrogen and oxygen atoms in total. The molecule has 0 spiro atoms. The molecule has 3 aromatic rings. The van der Waals surface area contributed by atoms with Crippen LogP contribution in [0.25, 0.3) is 10.9 Å². The van der Waals surface area contributed by atoms with Crippen LogP contribution in [0, 0.1) is 6.92 Å². The average molecular weight is 262 g/mol. The monoisotopic (exact) mass is 262 g/mol. The van der Waals surface area contributed by atoms with Crippen molar-refractivity contribution in [1.82, 2.24) is 10.3 Å². The molecule has 1 aliphatic heterocycles. The zero-order valence-electron chi connectivity index (χ0n) is 11.6. The SMILES string of the molecule is Cc1cccc2c3c([nH]c12)C(c1ccccc1)NCC3. The van der Waals surface area contributed by atoms with Gasteiger partial charge in [-0.05, 0) is 30.0 Å². The molecule has 2 N–H and O–H groups in total. The van der Waals surface area contributed by atoms with E-state index >= 15 is 0 Å². The molecule has 2 heterocycles. The fourth-order valence-corrected chi connectivity index (χ4v) is 3.33. The third-order valence-corrected chi connectivity index (χ3v) is 4.33. The fourth-order valence-electron chi connectivity index (χ4n) is 3.33. The molecule has 2 heteroatoms. The Morgan fingerprint density at radius 2 is 1.85 bits per heavy atom. The standard InChI is InChI=1S/C18H18N2/c1-12-6-5-9-14-15-10-11-19-17(18(15)20-16(12)14)13-7-3-2-4-8-13/h2-9,17,19-20H,10-11H2,1H3. The predicted octanol–water partition coefficient (Wildman–Crippen LogP) is 3.71. The number of aryl methyl sites for hydroxylation is 1. The van der Waals surface area contributed by atoms with Gasteiger partial charge in [0, 0.05) is 23.1 Å². The van der Waals surface area contributed by atoms with Gasteiger partial charge < -0.3 is 10.3 Å². The number of nitrogens with one attached hydrogen (secondary N) is 2. The maximum absolute atomic E-state index is 3.67. The second kappa shape index (κ2) is 4.50. The first kappa shape index (κ1) is 11.7. The lowest BCUT2D eigenvalue weighted by molar-refractivity contribution is 0.560. The number of fused-ring (bicyclic) bond motifs is 3. The van der Waals surface area contributed by atoms with Crippen LogP contribution in [0.3, 0.4) is 0 Å². The summed E-state index contributed by atoms with van der Waals surface area (Å²) < 4.78 is 0. The lowest BCUT2D eigenvalue weighted by Crippen LogP contribution is -2.30. The zero-order chi connectivity index (χ0) is 13.5. The number of rotatable bonds is 1. The highest BCUT2D eigenvalue weighted by atomic mass is 15.0. The van der Waals surface area contributed by atoms with E-state index in [0.29, 0.717) is 0 Å². The summed E-state index contributed by atoms with van der Waals surface area (Å²) in [5.74, 6) is 0. The van der Waals surface area contributed by atoms with Crippen molar-refractivity contribution >= 4 is 10.9 Å². The van der Waals surface area contributed by atoms with Gasteiger partial charge in [-0.3, -0.25) is 0 Å². The Bertz CT molecular complexity index is 756. The molecule has 1 aromatic heterocycles. The normalized spacial score (nSPS) is 18.1. The number of aromatic amines is 1. The highest BCUT2D eigenvalue weighted by Gasteiger charge is 2.25. The minimum absolute atomic E-state index is 0.284. The van der Waals surface area contributed by atoms with E-state index in [-0.39, 0.29) is 6.04 Å². The summed E-state index contributed by atoms with van der Waals surface area (Å²) >= 11 is 0. The third-order valence-electron chi connectivity index (χ3n) is 4.33. The van der Waals surface area contributed by atoms with Crippen LogP contribution in [0.1, 0.15) is 28.4 Å². The van der Waals surface area contributed by atoms with Crippen LogP contribution in [-0.2, 0) is 6.42 Å². The van der Waals surface area contributed by atoms with E-state index in [1.807, 2.05) is 0 Å². The van der Waals surface area contributed by atoms with Crippen molar-refractivity contribution in [3.8, 4) is 0 Å². The summed E-state index contributed by atoms with van der Waals surface area (Å²) in [6.45, 7) is 3.21. The molecule has 20 heavy (non-hydrogen) atoms. The van der Waals surface area contributed by atoms with E-state index in [9.17, 15) is 0 Å². The van der Waals surface area contributed by atoms with Crippen molar-refractivity contribution in [2.45, 2.75) is 19.4 Å². The van der Waals surface area contributed by atoms with E-state index in [0.717, 1.165) is 13.0 Å². The number of aromatic nitrogens is 1. The van der Waals surface area contributed by atoms with Gasteiger partial charge in [0.15, 0.2) is 0 Å². The number of benzene rings is 2. The molecule has 0 saturated heterocycles. The molecule has 0 aliphatic carbocycles. The minimum Gasteiger partial charge on any atom is -0.356 e. The Hall–Kier alpha value is -2.06. The van der Waals surface area contributed by atoms with Crippen molar-refractivity contribution < 1.29 is 0 Å². The smallest absolute Gasteiger partial charge is 0.0732 e. The lowest BCUT2D eigenvalue weighted by atomic mass is 9.94. The molecule has 100 valence electrons. The van der Waals surface area contributed by atoms with Gasteiger partial charge in [0.05, 0.1) is 6.04 Å². The molecule has 1 unspecified atom stereocenters. The maximum atomic E-state index is 3.67. The second-order valence-electron chi connectivity index (χ2n) is 5.56. The second-order valence-corrected chi connectivity index (χ2v) is 5.56. The Labute approximate surface area is 118 Å². The zero-order valence-corrected chi connectivity index (χ0v) is 11.6. The predicted molar refractivity (Wildman–Crippen MR) is 83.0 cm³/mol. The highest BCUT2D eigenvalue weighted by molar-refractivity contribution is 5.87. The van der Waals surface area contributed by atoms with Crippen molar-refractivity contribution in [1.29, 1.82) is 0 Å². The van der Waals surface area contributed by atoms with E-state index in [2.05, 4.69) is 65.8 Å². The van der Waals surface area contributed by atoms with Crippen LogP contribution in [-0.4, -0.2) is 11.5 Å². The van der Waals surface area contributed by atoms with Gasteiger partial charge in [-0.15, -0.1) is 0 Å².